The van der Waals surface area contributed by atoms with Crippen LogP contribution in [0.2, 0.25) is 0 Å². The van der Waals surface area contributed by atoms with E-state index in [2.05, 4.69) is 9.97 Å². The molecule has 0 amide bonds. The molecular formula is C24H25N3O5S. The molecule has 0 saturated carbocycles. The lowest BCUT2D eigenvalue weighted by atomic mass is 10.1. The number of methoxy groups -OCH3 is 2. The summed E-state index contributed by atoms with van der Waals surface area (Å²) in [6, 6.07) is 7.31. The number of rotatable bonds is 7. The first-order valence-corrected chi connectivity index (χ1v) is 12.2. The van der Waals surface area contributed by atoms with Gasteiger partial charge in [0.05, 0.1) is 25.6 Å². The van der Waals surface area contributed by atoms with Crippen LogP contribution in [0.5, 0.6) is 11.5 Å². The van der Waals surface area contributed by atoms with Gasteiger partial charge >= 0.3 is 0 Å². The third kappa shape index (κ3) is 4.99. The Morgan fingerprint density at radius 1 is 1.06 bits per heavy atom. The van der Waals surface area contributed by atoms with Crippen LogP contribution in [-0.2, 0) is 16.4 Å². The lowest BCUT2D eigenvalue weighted by molar-refractivity contribution is 0.0729. The summed E-state index contributed by atoms with van der Waals surface area (Å²) in [5, 5.41) is 10.3. The second-order valence-electron chi connectivity index (χ2n) is 7.71. The summed E-state index contributed by atoms with van der Waals surface area (Å²) in [5.41, 5.74) is 3.42. The van der Waals surface area contributed by atoms with Gasteiger partial charge in [0.2, 0.25) is 15.0 Å². The molecule has 1 aliphatic carbocycles. The van der Waals surface area contributed by atoms with E-state index in [1.54, 1.807) is 43.5 Å². The SMILES string of the molecule is COc1ccc(CN2C=C(c3cc(C4=CCC=C4)nc(S(C)(=O)=O)n3)C=CC2O)cc1OC. The highest BCUT2D eigenvalue weighted by atomic mass is 32.2. The van der Waals surface area contributed by atoms with Crippen molar-refractivity contribution >= 4 is 21.0 Å². The monoisotopic (exact) mass is 467 g/mol. The Morgan fingerprint density at radius 2 is 1.79 bits per heavy atom. The molecule has 1 N–H and O–H groups in total. The van der Waals surface area contributed by atoms with E-state index < -0.39 is 16.1 Å². The molecule has 2 heterocycles. The zero-order valence-electron chi connectivity index (χ0n) is 18.6. The molecule has 1 unspecified atom stereocenters. The van der Waals surface area contributed by atoms with E-state index in [9.17, 15) is 13.5 Å². The molecule has 1 atom stereocenters. The minimum Gasteiger partial charge on any atom is -0.493 e. The Balaban J connectivity index is 1.70. The molecule has 0 radical (unpaired) electrons. The van der Waals surface area contributed by atoms with Crippen LogP contribution < -0.4 is 9.47 Å². The minimum atomic E-state index is -3.62. The van der Waals surface area contributed by atoms with Gasteiger partial charge < -0.3 is 19.5 Å². The molecule has 8 nitrogen and oxygen atoms in total. The normalized spacial score (nSPS) is 17.7. The molecule has 1 aliphatic heterocycles. The Kier molecular flexibility index (Phi) is 6.35. The molecule has 2 aromatic rings. The summed E-state index contributed by atoms with van der Waals surface area (Å²) in [4.78, 5) is 10.3. The number of allylic oxidation sites excluding steroid dienone is 6. The lowest BCUT2D eigenvalue weighted by Gasteiger charge is -2.28. The first-order chi connectivity index (χ1) is 15.8. The first kappa shape index (κ1) is 22.8. The highest BCUT2D eigenvalue weighted by Crippen LogP contribution is 2.30. The van der Waals surface area contributed by atoms with Crippen LogP contribution in [0, 0.1) is 0 Å². The molecule has 172 valence electrons. The lowest BCUT2D eigenvalue weighted by Crippen LogP contribution is -2.30. The number of aromatic nitrogens is 2. The van der Waals surface area contributed by atoms with Crippen LogP contribution in [-0.4, -0.2) is 55.1 Å². The van der Waals surface area contributed by atoms with Crippen LogP contribution >= 0.6 is 0 Å². The number of aliphatic hydroxyl groups excluding tert-OH is 1. The van der Waals surface area contributed by atoms with Gasteiger partial charge in [0, 0.05) is 24.6 Å². The summed E-state index contributed by atoms with van der Waals surface area (Å²) in [5.74, 6) is 1.21. The average Bonchev–Trinajstić information content (AvgIpc) is 3.34. The van der Waals surface area contributed by atoms with Crippen LogP contribution in [0.3, 0.4) is 0 Å². The van der Waals surface area contributed by atoms with E-state index in [0.717, 1.165) is 23.8 Å². The van der Waals surface area contributed by atoms with Crippen LogP contribution in [0.1, 0.15) is 23.4 Å². The number of ether oxygens (including phenoxy) is 2. The molecule has 0 bridgehead atoms. The van der Waals surface area contributed by atoms with Gasteiger partial charge in [0.15, 0.2) is 11.5 Å². The summed E-state index contributed by atoms with van der Waals surface area (Å²) in [6.07, 6.45) is 12.0. The first-order valence-electron chi connectivity index (χ1n) is 10.3. The molecule has 0 spiro atoms. The third-order valence-corrected chi connectivity index (χ3v) is 6.15. The predicted octanol–water partition coefficient (Wildman–Crippen LogP) is 2.97. The summed E-state index contributed by atoms with van der Waals surface area (Å²) in [7, 11) is -0.475. The summed E-state index contributed by atoms with van der Waals surface area (Å²) in [6.45, 7) is 0.389. The number of aliphatic hydroxyl groups is 1. The second-order valence-corrected chi connectivity index (χ2v) is 9.62. The molecule has 9 heteroatoms. The Bertz CT molecular complexity index is 1300. The van der Waals surface area contributed by atoms with E-state index in [1.807, 2.05) is 36.4 Å². The maximum Gasteiger partial charge on any atom is 0.247 e. The molecule has 33 heavy (non-hydrogen) atoms. The van der Waals surface area contributed by atoms with Gasteiger partial charge in [-0.05, 0) is 41.8 Å². The minimum absolute atomic E-state index is 0.233. The van der Waals surface area contributed by atoms with Crippen molar-refractivity contribution in [2.24, 2.45) is 0 Å². The highest BCUT2D eigenvalue weighted by Gasteiger charge is 2.21. The van der Waals surface area contributed by atoms with Crippen LogP contribution in [0.15, 0.2) is 66.0 Å². The largest absolute Gasteiger partial charge is 0.493 e. The van der Waals surface area contributed by atoms with Gasteiger partial charge in [-0.1, -0.05) is 30.4 Å². The summed E-state index contributed by atoms with van der Waals surface area (Å²) >= 11 is 0. The van der Waals surface area contributed by atoms with Crippen LogP contribution in [0.4, 0.5) is 0 Å². The fraction of sp³-hybridized carbons (Fsp3) is 0.250. The van der Waals surface area contributed by atoms with Crippen molar-refractivity contribution in [3.8, 4) is 11.5 Å². The van der Waals surface area contributed by atoms with Gasteiger partial charge in [-0.2, -0.15) is 0 Å². The molecule has 0 fully saturated rings. The molecule has 1 aromatic heterocycles. The Labute approximate surface area is 193 Å². The van der Waals surface area contributed by atoms with Crippen LogP contribution in [0.25, 0.3) is 11.1 Å². The van der Waals surface area contributed by atoms with Crippen molar-refractivity contribution in [1.29, 1.82) is 0 Å². The molecule has 1 aromatic carbocycles. The molecule has 4 rings (SSSR count). The molecule has 0 saturated heterocycles. The van der Waals surface area contributed by atoms with Gasteiger partial charge in [-0.25, -0.2) is 18.4 Å². The molecule has 2 aliphatic rings. The van der Waals surface area contributed by atoms with Gasteiger partial charge in [-0.3, -0.25) is 0 Å². The van der Waals surface area contributed by atoms with Crippen molar-refractivity contribution in [3.05, 3.63) is 77.8 Å². The fourth-order valence-corrected chi connectivity index (χ4v) is 4.14. The summed E-state index contributed by atoms with van der Waals surface area (Å²) < 4.78 is 35.1. The van der Waals surface area contributed by atoms with E-state index >= 15 is 0 Å². The smallest absolute Gasteiger partial charge is 0.247 e. The van der Waals surface area contributed by atoms with Gasteiger partial charge in [-0.15, -0.1) is 0 Å². The third-order valence-electron chi connectivity index (χ3n) is 5.31. The average molecular weight is 468 g/mol. The second kappa shape index (κ2) is 9.21. The Morgan fingerprint density at radius 3 is 2.42 bits per heavy atom. The number of benzene rings is 1. The van der Waals surface area contributed by atoms with E-state index in [4.69, 9.17) is 9.47 Å². The zero-order valence-corrected chi connectivity index (χ0v) is 19.4. The zero-order chi connectivity index (χ0) is 23.6. The van der Waals surface area contributed by atoms with Crippen molar-refractivity contribution in [2.75, 3.05) is 20.5 Å². The maximum absolute atomic E-state index is 12.2. The number of nitrogens with zero attached hydrogens (tertiary/aromatic N) is 3. The fourth-order valence-electron chi connectivity index (χ4n) is 3.61. The van der Waals surface area contributed by atoms with Crippen molar-refractivity contribution < 1.29 is 23.0 Å². The van der Waals surface area contributed by atoms with Gasteiger partial charge in [0.25, 0.3) is 0 Å². The Hall–Kier alpha value is -3.43. The van der Waals surface area contributed by atoms with E-state index in [1.165, 1.54) is 0 Å². The number of hydrogen-bond donors (Lipinski definition) is 1. The van der Waals surface area contributed by atoms with Gasteiger partial charge in [0.1, 0.15) is 6.23 Å². The van der Waals surface area contributed by atoms with E-state index in [-0.39, 0.29) is 5.16 Å². The predicted molar refractivity (Wildman–Crippen MR) is 125 cm³/mol. The standard InChI is InChI=1S/C24H25N3O5S/c1-31-21-10-8-16(12-22(21)32-2)14-27-15-18(9-11-23(27)28)20-13-19(17-6-4-5-7-17)25-24(26-20)33(3,29)30/h4,6-13,15,23,28H,5,14H2,1-3H3. The van der Waals surface area contributed by atoms with Crippen molar-refractivity contribution in [3.63, 3.8) is 0 Å². The number of hydrogen-bond acceptors (Lipinski definition) is 8. The maximum atomic E-state index is 12.2. The topological polar surface area (TPSA) is 102 Å². The molecular weight excluding hydrogens is 442 g/mol. The van der Waals surface area contributed by atoms with E-state index in [0.29, 0.717) is 35.0 Å². The van der Waals surface area contributed by atoms with Crippen molar-refractivity contribution in [2.45, 2.75) is 24.3 Å². The highest BCUT2D eigenvalue weighted by molar-refractivity contribution is 7.90. The van der Waals surface area contributed by atoms with Crippen molar-refractivity contribution in [1.82, 2.24) is 14.9 Å². The quantitative estimate of drug-likeness (QED) is 0.620. The number of sulfone groups is 1.